The average Bonchev–Trinajstić information content (AvgIpc) is 2.89. The van der Waals surface area contributed by atoms with E-state index in [1.807, 2.05) is 0 Å². The summed E-state index contributed by atoms with van der Waals surface area (Å²) in [6.07, 6.45) is 5.04. The van der Waals surface area contributed by atoms with Crippen molar-refractivity contribution in [1.82, 2.24) is 14.9 Å². The first-order chi connectivity index (χ1) is 8.74. The molecule has 0 aliphatic heterocycles. The van der Waals surface area contributed by atoms with Crippen LogP contribution in [-0.4, -0.2) is 22.1 Å². The molecular weight excluding hydrogens is 254 g/mol. The highest BCUT2D eigenvalue weighted by atomic mass is 35.5. The second-order valence-corrected chi connectivity index (χ2v) is 4.01. The van der Waals surface area contributed by atoms with Crippen LogP contribution in [0.4, 0.5) is 0 Å². The minimum absolute atomic E-state index is 0.0314. The molecule has 0 radical (unpaired) electrons. The van der Waals surface area contributed by atoms with Crippen LogP contribution in [0, 0.1) is 0 Å². The van der Waals surface area contributed by atoms with E-state index in [4.69, 9.17) is 16.3 Å². The molecule has 0 saturated carbocycles. The Bertz CT molecular complexity index is 497. The minimum atomic E-state index is -0.196. The number of rotatable bonds is 5. The van der Waals surface area contributed by atoms with E-state index in [9.17, 15) is 4.79 Å². The standard InChI is InChI=1S/C12H12ClN3O2/c13-10-1-3-11(4-2-10)18-7-12(17)15-9-16-6-5-14-8-16/h1-6,8H,7,9H2,(H,15,17). The van der Waals surface area contributed by atoms with Gasteiger partial charge in [-0.3, -0.25) is 4.79 Å². The molecule has 5 nitrogen and oxygen atoms in total. The lowest BCUT2D eigenvalue weighted by molar-refractivity contribution is -0.123. The molecular formula is C12H12ClN3O2. The van der Waals surface area contributed by atoms with Crippen molar-refractivity contribution in [2.45, 2.75) is 6.67 Å². The van der Waals surface area contributed by atoms with Crippen LogP contribution in [0.25, 0.3) is 0 Å². The number of nitrogens with one attached hydrogen (secondary N) is 1. The van der Waals surface area contributed by atoms with Crippen molar-refractivity contribution in [3.63, 3.8) is 0 Å². The predicted molar refractivity (Wildman–Crippen MR) is 67.3 cm³/mol. The highest BCUT2D eigenvalue weighted by Gasteiger charge is 2.02. The Kier molecular flexibility index (Phi) is 4.20. The number of nitrogens with zero attached hydrogens (tertiary/aromatic N) is 2. The zero-order chi connectivity index (χ0) is 12.8. The molecule has 1 amide bonds. The van der Waals surface area contributed by atoms with Gasteiger partial charge in [0, 0.05) is 17.4 Å². The van der Waals surface area contributed by atoms with E-state index in [0.717, 1.165) is 0 Å². The fraction of sp³-hybridized carbons (Fsp3) is 0.167. The van der Waals surface area contributed by atoms with Gasteiger partial charge in [0.05, 0.1) is 13.0 Å². The maximum absolute atomic E-state index is 11.5. The summed E-state index contributed by atoms with van der Waals surface area (Å²) >= 11 is 5.74. The van der Waals surface area contributed by atoms with Crippen molar-refractivity contribution in [3.05, 3.63) is 48.0 Å². The molecule has 2 rings (SSSR count). The molecule has 0 fully saturated rings. The van der Waals surface area contributed by atoms with Gasteiger partial charge in [-0.15, -0.1) is 0 Å². The second kappa shape index (κ2) is 6.07. The monoisotopic (exact) mass is 265 g/mol. The van der Waals surface area contributed by atoms with E-state index >= 15 is 0 Å². The Balaban J connectivity index is 1.73. The van der Waals surface area contributed by atoms with Gasteiger partial charge in [-0.05, 0) is 24.3 Å². The first-order valence-electron chi connectivity index (χ1n) is 5.35. The molecule has 0 bridgehead atoms. The van der Waals surface area contributed by atoms with E-state index in [2.05, 4.69) is 10.3 Å². The van der Waals surface area contributed by atoms with Crippen molar-refractivity contribution in [1.29, 1.82) is 0 Å². The number of ether oxygens (including phenoxy) is 1. The zero-order valence-electron chi connectivity index (χ0n) is 9.54. The quantitative estimate of drug-likeness (QED) is 0.895. The Morgan fingerprint density at radius 3 is 2.83 bits per heavy atom. The normalized spacial score (nSPS) is 10.1. The van der Waals surface area contributed by atoms with E-state index in [1.54, 1.807) is 47.6 Å². The van der Waals surface area contributed by atoms with Gasteiger partial charge >= 0.3 is 0 Å². The van der Waals surface area contributed by atoms with Gasteiger partial charge < -0.3 is 14.6 Å². The van der Waals surface area contributed by atoms with Crippen LogP contribution in [-0.2, 0) is 11.5 Å². The number of carbonyl (C=O) groups is 1. The van der Waals surface area contributed by atoms with Gasteiger partial charge in [-0.25, -0.2) is 4.98 Å². The molecule has 0 saturated heterocycles. The summed E-state index contributed by atoms with van der Waals surface area (Å²) in [7, 11) is 0. The average molecular weight is 266 g/mol. The number of hydrogen-bond donors (Lipinski definition) is 1. The molecule has 18 heavy (non-hydrogen) atoms. The van der Waals surface area contributed by atoms with Crippen LogP contribution in [0.3, 0.4) is 0 Å². The van der Waals surface area contributed by atoms with E-state index in [-0.39, 0.29) is 12.5 Å². The Morgan fingerprint density at radius 1 is 1.39 bits per heavy atom. The third kappa shape index (κ3) is 3.78. The van der Waals surface area contributed by atoms with Crippen LogP contribution in [0.15, 0.2) is 43.0 Å². The summed E-state index contributed by atoms with van der Waals surface area (Å²) in [6, 6.07) is 6.84. The number of halogens is 1. The maximum atomic E-state index is 11.5. The molecule has 0 unspecified atom stereocenters. The smallest absolute Gasteiger partial charge is 0.259 e. The lowest BCUT2D eigenvalue weighted by Gasteiger charge is -2.07. The van der Waals surface area contributed by atoms with Crippen LogP contribution in [0.1, 0.15) is 0 Å². The molecule has 6 heteroatoms. The minimum Gasteiger partial charge on any atom is -0.484 e. The highest BCUT2D eigenvalue weighted by Crippen LogP contribution is 2.15. The van der Waals surface area contributed by atoms with Crippen LogP contribution < -0.4 is 10.1 Å². The molecule has 94 valence electrons. The lowest BCUT2D eigenvalue weighted by atomic mass is 10.3. The predicted octanol–water partition coefficient (Wildman–Crippen LogP) is 1.69. The molecule has 2 aromatic rings. The molecule has 0 atom stereocenters. The summed E-state index contributed by atoms with van der Waals surface area (Å²) in [6.45, 7) is 0.346. The van der Waals surface area contributed by atoms with Gasteiger partial charge in [0.2, 0.25) is 0 Å². The Labute approximate surface area is 109 Å². The molecule has 0 aliphatic carbocycles. The first kappa shape index (κ1) is 12.4. The van der Waals surface area contributed by atoms with Crippen molar-refractivity contribution < 1.29 is 9.53 Å². The van der Waals surface area contributed by atoms with Gasteiger partial charge in [-0.2, -0.15) is 0 Å². The summed E-state index contributed by atoms with van der Waals surface area (Å²) in [5.41, 5.74) is 0. The summed E-state index contributed by atoms with van der Waals surface area (Å²) in [5, 5.41) is 3.33. The van der Waals surface area contributed by atoms with Crippen molar-refractivity contribution in [3.8, 4) is 5.75 Å². The molecule has 1 N–H and O–H groups in total. The molecule has 1 aromatic heterocycles. The fourth-order valence-corrected chi connectivity index (χ4v) is 1.42. The number of carbonyl (C=O) groups excluding carboxylic acids is 1. The van der Waals surface area contributed by atoms with Gasteiger partial charge in [0.1, 0.15) is 5.75 Å². The largest absolute Gasteiger partial charge is 0.484 e. The number of amides is 1. The molecule has 1 heterocycles. The van der Waals surface area contributed by atoms with Crippen molar-refractivity contribution in [2.75, 3.05) is 6.61 Å². The van der Waals surface area contributed by atoms with E-state index < -0.39 is 0 Å². The lowest BCUT2D eigenvalue weighted by Crippen LogP contribution is -2.30. The molecule has 1 aromatic carbocycles. The Hall–Kier alpha value is -2.01. The summed E-state index contributed by atoms with van der Waals surface area (Å²) in [4.78, 5) is 15.4. The van der Waals surface area contributed by atoms with Gasteiger partial charge in [-0.1, -0.05) is 11.6 Å². The van der Waals surface area contributed by atoms with E-state index in [0.29, 0.717) is 17.4 Å². The molecule has 0 aliphatic rings. The fourth-order valence-electron chi connectivity index (χ4n) is 1.29. The number of hydrogen-bond acceptors (Lipinski definition) is 3. The third-order valence-electron chi connectivity index (χ3n) is 2.20. The summed E-state index contributed by atoms with van der Waals surface area (Å²) < 4.78 is 7.05. The van der Waals surface area contributed by atoms with E-state index in [1.165, 1.54) is 0 Å². The van der Waals surface area contributed by atoms with Crippen LogP contribution in [0.5, 0.6) is 5.75 Å². The van der Waals surface area contributed by atoms with Crippen molar-refractivity contribution in [2.24, 2.45) is 0 Å². The zero-order valence-corrected chi connectivity index (χ0v) is 10.3. The highest BCUT2D eigenvalue weighted by molar-refractivity contribution is 6.30. The Morgan fingerprint density at radius 2 is 2.17 bits per heavy atom. The summed E-state index contributed by atoms with van der Waals surface area (Å²) in [5.74, 6) is 0.413. The second-order valence-electron chi connectivity index (χ2n) is 3.58. The number of aromatic nitrogens is 2. The maximum Gasteiger partial charge on any atom is 0.259 e. The van der Waals surface area contributed by atoms with Gasteiger partial charge in [0.25, 0.3) is 5.91 Å². The van der Waals surface area contributed by atoms with Crippen molar-refractivity contribution >= 4 is 17.5 Å². The number of imidazole rings is 1. The first-order valence-corrected chi connectivity index (χ1v) is 5.72. The molecule has 0 spiro atoms. The van der Waals surface area contributed by atoms with Crippen LogP contribution in [0.2, 0.25) is 5.02 Å². The van der Waals surface area contributed by atoms with Gasteiger partial charge in [0.15, 0.2) is 6.61 Å². The SMILES string of the molecule is O=C(COc1ccc(Cl)cc1)NCn1ccnc1. The third-order valence-corrected chi connectivity index (χ3v) is 2.45. The number of benzene rings is 1. The van der Waals surface area contributed by atoms with Crippen LogP contribution >= 0.6 is 11.6 Å². The topological polar surface area (TPSA) is 56.1 Å².